The second kappa shape index (κ2) is 7.03. The fourth-order valence-corrected chi connectivity index (χ4v) is 5.83. The molecule has 1 aromatic carbocycles. The maximum absolute atomic E-state index is 13.1. The lowest BCUT2D eigenvalue weighted by Crippen LogP contribution is -2.60. The molecule has 1 aromatic rings. The van der Waals surface area contributed by atoms with Crippen molar-refractivity contribution < 1.29 is 17.6 Å². The fourth-order valence-electron chi connectivity index (χ4n) is 3.82. The third kappa shape index (κ3) is 4.20. The van der Waals surface area contributed by atoms with Crippen LogP contribution in [-0.2, 0) is 21.2 Å². The van der Waals surface area contributed by atoms with Gasteiger partial charge in [-0.2, -0.15) is 0 Å². The Balaban J connectivity index is 1.78. The van der Waals surface area contributed by atoms with Crippen LogP contribution in [0.5, 0.6) is 0 Å². The lowest BCUT2D eigenvalue weighted by Gasteiger charge is -2.44. The van der Waals surface area contributed by atoms with Crippen molar-refractivity contribution in [1.29, 1.82) is 0 Å². The van der Waals surface area contributed by atoms with Crippen LogP contribution in [0.3, 0.4) is 0 Å². The third-order valence-electron chi connectivity index (χ3n) is 4.99. The van der Waals surface area contributed by atoms with E-state index in [4.69, 9.17) is 0 Å². The van der Waals surface area contributed by atoms with Crippen molar-refractivity contribution in [3.05, 3.63) is 35.6 Å². The SMILES string of the molecule is CC(C)CC(=O)N1CCN(Cc2ccc(F)cc2)[C@@H]2CS(=O)(=O)C[C@@H]21. The Morgan fingerprint density at radius 3 is 2.44 bits per heavy atom. The van der Waals surface area contributed by atoms with Crippen molar-refractivity contribution in [2.75, 3.05) is 24.6 Å². The number of piperazine rings is 1. The molecule has 2 saturated heterocycles. The molecule has 0 aromatic heterocycles. The summed E-state index contributed by atoms with van der Waals surface area (Å²) < 4.78 is 37.5. The monoisotopic (exact) mass is 368 g/mol. The number of carbonyl (C=O) groups excluding carboxylic acids is 1. The van der Waals surface area contributed by atoms with Gasteiger partial charge in [-0.3, -0.25) is 9.69 Å². The molecule has 0 saturated carbocycles. The standard InChI is InChI=1S/C18H25FN2O3S/c1-13(2)9-18(22)21-8-7-20(10-14-3-5-15(19)6-4-14)16-11-25(23,24)12-17(16)21/h3-6,13,16-17H,7-12H2,1-2H3/t16-,17+/m1/s1. The minimum atomic E-state index is -3.15. The Morgan fingerprint density at radius 1 is 1.16 bits per heavy atom. The van der Waals surface area contributed by atoms with Crippen molar-refractivity contribution in [2.24, 2.45) is 5.92 Å². The number of carbonyl (C=O) groups is 1. The maximum atomic E-state index is 13.1. The van der Waals surface area contributed by atoms with Gasteiger partial charge in [0.2, 0.25) is 5.91 Å². The van der Waals surface area contributed by atoms with E-state index < -0.39 is 9.84 Å². The summed E-state index contributed by atoms with van der Waals surface area (Å²) in [5.74, 6) is 0.144. The highest BCUT2D eigenvalue weighted by molar-refractivity contribution is 7.91. The summed E-state index contributed by atoms with van der Waals surface area (Å²) in [7, 11) is -3.15. The summed E-state index contributed by atoms with van der Waals surface area (Å²) in [5, 5.41) is 0. The first-order chi connectivity index (χ1) is 11.7. The predicted octanol–water partition coefficient (Wildman–Crippen LogP) is 1.68. The molecule has 0 N–H and O–H groups in total. The summed E-state index contributed by atoms with van der Waals surface area (Å²) in [6.07, 6.45) is 0.446. The van der Waals surface area contributed by atoms with Gasteiger partial charge in [-0.1, -0.05) is 26.0 Å². The van der Waals surface area contributed by atoms with Crippen molar-refractivity contribution in [3.63, 3.8) is 0 Å². The van der Waals surface area contributed by atoms with E-state index in [0.29, 0.717) is 26.1 Å². The lowest BCUT2D eigenvalue weighted by molar-refractivity contribution is -0.137. The van der Waals surface area contributed by atoms with Crippen LogP contribution >= 0.6 is 0 Å². The smallest absolute Gasteiger partial charge is 0.223 e. The van der Waals surface area contributed by atoms with Crippen LogP contribution in [0.4, 0.5) is 4.39 Å². The number of sulfone groups is 1. The molecule has 2 fully saturated rings. The molecule has 2 atom stereocenters. The molecule has 25 heavy (non-hydrogen) atoms. The van der Waals surface area contributed by atoms with Crippen molar-refractivity contribution >= 4 is 15.7 Å². The largest absolute Gasteiger partial charge is 0.336 e. The number of benzene rings is 1. The molecular formula is C18H25FN2O3S. The van der Waals surface area contributed by atoms with E-state index >= 15 is 0 Å². The van der Waals surface area contributed by atoms with Crippen molar-refractivity contribution in [1.82, 2.24) is 9.80 Å². The summed E-state index contributed by atoms with van der Waals surface area (Å²) in [6, 6.07) is 5.83. The van der Waals surface area contributed by atoms with Gasteiger partial charge in [0.25, 0.3) is 0 Å². The zero-order chi connectivity index (χ0) is 18.2. The van der Waals surface area contributed by atoms with Crippen LogP contribution in [0.1, 0.15) is 25.8 Å². The normalized spacial score (nSPS) is 26.0. The topological polar surface area (TPSA) is 57.7 Å². The molecule has 0 bridgehead atoms. The molecule has 2 aliphatic heterocycles. The first-order valence-electron chi connectivity index (χ1n) is 8.73. The van der Waals surface area contributed by atoms with Crippen LogP contribution in [0.25, 0.3) is 0 Å². The van der Waals surface area contributed by atoms with Crippen LogP contribution in [0.15, 0.2) is 24.3 Å². The van der Waals surface area contributed by atoms with Crippen LogP contribution in [0, 0.1) is 11.7 Å². The number of hydrogen-bond donors (Lipinski definition) is 0. The van der Waals surface area contributed by atoms with Gasteiger partial charge in [0.05, 0.1) is 17.5 Å². The van der Waals surface area contributed by atoms with E-state index in [0.717, 1.165) is 5.56 Å². The van der Waals surface area contributed by atoms with Gasteiger partial charge >= 0.3 is 0 Å². The molecule has 0 aliphatic carbocycles. The molecule has 0 radical (unpaired) electrons. The zero-order valence-electron chi connectivity index (χ0n) is 14.7. The highest BCUT2D eigenvalue weighted by Gasteiger charge is 2.47. The Hall–Kier alpha value is -1.47. The Bertz CT molecular complexity index is 733. The molecule has 2 heterocycles. The number of fused-ring (bicyclic) bond motifs is 1. The number of halogens is 1. The van der Waals surface area contributed by atoms with Gasteiger partial charge in [0.1, 0.15) is 5.82 Å². The van der Waals surface area contributed by atoms with E-state index in [1.54, 1.807) is 17.0 Å². The van der Waals surface area contributed by atoms with E-state index in [-0.39, 0.29) is 41.2 Å². The van der Waals surface area contributed by atoms with Gasteiger partial charge in [0.15, 0.2) is 9.84 Å². The van der Waals surface area contributed by atoms with E-state index in [2.05, 4.69) is 4.90 Å². The highest BCUT2D eigenvalue weighted by atomic mass is 32.2. The Morgan fingerprint density at radius 2 is 1.80 bits per heavy atom. The van der Waals surface area contributed by atoms with Crippen LogP contribution < -0.4 is 0 Å². The minimum absolute atomic E-state index is 0.0431. The van der Waals surface area contributed by atoms with Gasteiger partial charge < -0.3 is 4.90 Å². The number of amides is 1. The van der Waals surface area contributed by atoms with Gasteiger partial charge in [-0.05, 0) is 23.6 Å². The quantitative estimate of drug-likeness (QED) is 0.811. The zero-order valence-corrected chi connectivity index (χ0v) is 15.5. The van der Waals surface area contributed by atoms with Crippen molar-refractivity contribution in [2.45, 2.75) is 38.9 Å². The molecule has 7 heteroatoms. The average molecular weight is 368 g/mol. The molecule has 138 valence electrons. The van der Waals surface area contributed by atoms with Gasteiger partial charge in [-0.15, -0.1) is 0 Å². The van der Waals surface area contributed by atoms with E-state index in [1.165, 1.54) is 12.1 Å². The number of rotatable bonds is 4. The first kappa shape index (κ1) is 18.3. The van der Waals surface area contributed by atoms with E-state index in [1.807, 2.05) is 13.8 Å². The van der Waals surface area contributed by atoms with Crippen LogP contribution in [0.2, 0.25) is 0 Å². The molecule has 5 nitrogen and oxygen atoms in total. The summed E-state index contributed by atoms with van der Waals surface area (Å²) >= 11 is 0. The molecular weight excluding hydrogens is 343 g/mol. The molecule has 2 aliphatic rings. The second-order valence-electron chi connectivity index (χ2n) is 7.49. The highest BCUT2D eigenvalue weighted by Crippen LogP contribution is 2.29. The minimum Gasteiger partial charge on any atom is -0.336 e. The Kier molecular flexibility index (Phi) is 5.16. The average Bonchev–Trinajstić information content (AvgIpc) is 2.84. The molecule has 0 unspecified atom stereocenters. The van der Waals surface area contributed by atoms with E-state index in [9.17, 15) is 17.6 Å². The summed E-state index contributed by atoms with van der Waals surface area (Å²) in [4.78, 5) is 16.4. The van der Waals surface area contributed by atoms with Gasteiger partial charge in [0, 0.05) is 32.1 Å². The molecule has 0 spiro atoms. The predicted molar refractivity (Wildman–Crippen MR) is 94.2 cm³/mol. The second-order valence-corrected chi connectivity index (χ2v) is 9.65. The molecule has 1 amide bonds. The van der Waals surface area contributed by atoms with Crippen LogP contribution in [-0.4, -0.2) is 60.8 Å². The van der Waals surface area contributed by atoms with Crippen molar-refractivity contribution in [3.8, 4) is 0 Å². The number of nitrogens with zero attached hydrogens (tertiary/aromatic N) is 2. The number of hydrogen-bond acceptors (Lipinski definition) is 4. The molecule has 3 rings (SSSR count). The summed E-state index contributed by atoms with van der Waals surface area (Å²) in [5.41, 5.74) is 0.950. The maximum Gasteiger partial charge on any atom is 0.223 e. The summed E-state index contributed by atoms with van der Waals surface area (Å²) in [6.45, 7) is 5.74. The third-order valence-corrected chi connectivity index (χ3v) is 6.69. The first-order valence-corrected chi connectivity index (χ1v) is 10.6. The Labute approximate surface area is 148 Å². The fraction of sp³-hybridized carbons (Fsp3) is 0.611. The lowest BCUT2D eigenvalue weighted by atomic mass is 10.0. The van der Waals surface area contributed by atoms with Gasteiger partial charge in [-0.25, -0.2) is 12.8 Å².